The van der Waals surface area contributed by atoms with Crippen molar-refractivity contribution in [1.82, 2.24) is 10.2 Å². The molecule has 0 fully saturated rings. The van der Waals surface area contributed by atoms with Crippen LogP contribution >= 0.6 is 11.3 Å². The summed E-state index contributed by atoms with van der Waals surface area (Å²) in [7, 11) is -5.60. The van der Waals surface area contributed by atoms with Crippen molar-refractivity contribution in [3.05, 3.63) is 23.2 Å². The average Bonchev–Trinajstić information content (AvgIpc) is 3.11. The van der Waals surface area contributed by atoms with E-state index >= 15 is 0 Å². The summed E-state index contributed by atoms with van der Waals surface area (Å²) in [4.78, 5) is 1.99. The van der Waals surface area contributed by atoms with E-state index < -0.39 is 15.5 Å². The van der Waals surface area contributed by atoms with Gasteiger partial charge in [0, 0.05) is 18.8 Å². The SMILES string of the molecule is CCN1CC(C)Cc2cc(N=Nc3nncs3)c(NS(=O)(=O)C(F)(F)F)cc21. The Morgan fingerprint density at radius 1 is 1.36 bits per heavy atom. The van der Waals surface area contributed by atoms with Crippen molar-refractivity contribution in [1.29, 1.82) is 0 Å². The molecule has 2 heterocycles. The van der Waals surface area contributed by atoms with Gasteiger partial charge in [0.15, 0.2) is 0 Å². The monoisotopic (exact) mass is 434 g/mol. The summed E-state index contributed by atoms with van der Waals surface area (Å²) in [6.45, 7) is 5.34. The number of anilines is 2. The van der Waals surface area contributed by atoms with E-state index in [1.54, 1.807) is 10.8 Å². The van der Waals surface area contributed by atoms with E-state index in [1.165, 1.54) is 11.6 Å². The molecule has 1 N–H and O–H groups in total. The number of sulfonamides is 1. The van der Waals surface area contributed by atoms with E-state index in [-0.39, 0.29) is 16.5 Å². The number of nitrogens with one attached hydrogen (secondary N) is 1. The Morgan fingerprint density at radius 3 is 2.71 bits per heavy atom. The molecule has 3 rings (SSSR count). The van der Waals surface area contributed by atoms with Crippen LogP contribution in [0.5, 0.6) is 0 Å². The zero-order chi connectivity index (χ0) is 20.5. The molecular weight excluding hydrogens is 417 g/mol. The van der Waals surface area contributed by atoms with E-state index in [0.717, 1.165) is 23.4 Å². The third kappa shape index (κ3) is 4.24. The van der Waals surface area contributed by atoms with Gasteiger partial charge in [-0.1, -0.05) is 18.3 Å². The molecule has 152 valence electrons. The first kappa shape index (κ1) is 20.5. The molecule has 13 heteroatoms. The lowest BCUT2D eigenvalue weighted by Gasteiger charge is -2.34. The van der Waals surface area contributed by atoms with Crippen LogP contribution in [0, 0.1) is 5.92 Å². The zero-order valence-corrected chi connectivity index (χ0v) is 16.6. The molecule has 2 aromatic rings. The van der Waals surface area contributed by atoms with Gasteiger partial charge < -0.3 is 4.90 Å². The zero-order valence-electron chi connectivity index (χ0n) is 14.9. The predicted molar refractivity (Wildman–Crippen MR) is 99.9 cm³/mol. The van der Waals surface area contributed by atoms with Crippen LogP contribution in [0.15, 0.2) is 27.9 Å². The number of hydrogen-bond acceptors (Lipinski definition) is 8. The standard InChI is InChI=1S/C15H17F3N6O2S2/c1-3-24-7-9(2)4-10-5-11(20-22-14-21-19-8-27-14)12(6-13(10)24)23-28(25,26)15(16,17)18/h5-6,8-9,23H,3-4,7H2,1-2H3. The van der Waals surface area contributed by atoms with Crippen LogP contribution < -0.4 is 9.62 Å². The number of azo groups is 1. The van der Waals surface area contributed by atoms with Crippen LogP contribution in [0.3, 0.4) is 0 Å². The number of rotatable bonds is 5. The first-order chi connectivity index (χ1) is 13.1. The highest BCUT2D eigenvalue weighted by Crippen LogP contribution is 2.40. The summed E-state index contributed by atoms with van der Waals surface area (Å²) in [6, 6.07) is 2.94. The van der Waals surface area contributed by atoms with Crippen molar-refractivity contribution in [2.24, 2.45) is 16.1 Å². The van der Waals surface area contributed by atoms with Gasteiger partial charge in [-0.15, -0.1) is 20.4 Å². The summed E-state index contributed by atoms with van der Waals surface area (Å²) in [5.41, 5.74) is -2.80. The Bertz CT molecular complexity index is 976. The topological polar surface area (TPSA) is 99.9 Å². The Morgan fingerprint density at radius 2 is 2.11 bits per heavy atom. The van der Waals surface area contributed by atoms with Gasteiger partial charge in [0.25, 0.3) is 5.13 Å². The summed E-state index contributed by atoms with van der Waals surface area (Å²) >= 11 is 1.09. The van der Waals surface area contributed by atoms with Crippen molar-refractivity contribution in [3.8, 4) is 0 Å². The molecule has 1 aromatic heterocycles. The molecule has 28 heavy (non-hydrogen) atoms. The van der Waals surface area contributed by atoms with Crippen molar-refractivity contribution in [3.63, 3.8) is 0 Å². The molecule has 1 unspecified atom stereocenters. The van der Waals surface area contributed by atoms with Gasteiger partial charge in [0.2, 0.25) is 0 Å². The number of halogens is 3. The second kappa shape index (κ2) is 7.62. The van der Waals surface area contributed by atoms with Gasteiger partial charge in [-0.05, 0) is 37.0 Å². The number of hydrogen-bond donors (Lipinski definition) is 1. The highest BCUT2D eigenvalue weighted by Gasteiger charge is 2.46. The van der Waals surface area contributed by atoms with E-state index in [4.69, 9.17) is 0 Å². The maximum absolute atomic E-state index is 12.9. The van der Waals surface area contributed by atoms with Gasteiger partial charge in [0.1, 0.15) is 11.2 Å². The number of benzene rings is 1. The molecule has 1 aromatic carbocycles. The molecule has 8 nitrogen and oxygen atoms in total. The van der Waals surface area contributed by atoms with Crippen molar-refractivity contribution in [2.45, 2.75) is 25.8 Å². The smallest absolute Gasteiger partial charge is 0.371 e. The van der Waals surface area contributed by atoms with Crippen LogP contribution in [0.1, 0.15) is 19.4 Å². The molecule has 0 bridgehead atoms. The molecule has 1 aliphatic rings. The summed E-state index contributed by atoms with van der Waals surface area (Å²) in [5, 5.41) is 15.2. The third-order valence-electron chi connectivity index (χ3n) is 4.16. The number of nitrogens with zero attached hydrogens (tertiary/aromatic N) is 5. The second-order valence-corrected chi connectivity index (χ2v) is 8.80. The lowest BCUT2D eigenvalue weighted by Crippen LogP contribution is -2.34. The Labute approximate surface area is 163 Å². The Hall–Kier alpha value is -2.28. The van der Waals surface area contributed by atoms with Crippen LogP contribution in [-0.4, -0.2) is 37.2 Å². The molecule has 0 aliphatic carbocycles. The third-order valence-corrected chi connectivity index (χ3v) is 5.83. The number of alkyl halides is 3. The molecule has 0 amide bonds. The molecule has 0 radical (unpaired) electrons. The minimum Gasteiger partial charge on any atom is -0.371 e. The average molecular weight is 434 g/mol. The van der Waals surface area contributed by atoms with Gasteiger partial charge in [-0.2, -0.15) is 21.6 Å². The van der Waals surface area contributed by atoms with E-state index in [1.807, 2.05) is 11.8 Å². The molecule has 0 saturated carbocycles. The largest absolute Gasteiger partial charge is 0.516 e. The quantitative estimate of drug-likeness (QED) is 0.710. The van der Waals surface area contributed by atoms with Gasteiger partial charge in [0.05, 0.1) is 5.69 Å². The van der Waals surface area contributed by atoms with E-state index in [0.29, 0.717) is 24.6 Å². The molecule has 0 saturated heterocycles. The highest BCUT2D eigenvalue weighted by molar-refractivity contribution is 7.93. The first-order valence-corrected chi connectivity index (χ1v) is 10.7. The normalized spacial score (nSPS) is 17.8. The Kier molecular flexibility index (Phi) is 5.57. The second-order valence-electron chi connectivity index (χ2n) is 6.32. The molecule has 0 spiro atoms. The van der Waals surface area contributed by atoms with Gasteiger partial charge >= 0.3 is 15.5 Å². The molecule has 1 atom stereocenters. The fourth-order valence-corrected chi connectivity index (χ4v) is 3.91. The number of fused-ring (bicyclic) bond motifs is 1. The van der Waals surface area contributed by atoms with E-state index in [9.17, 15) is 21.6 Å². The van der Waals surface area contributed by atoms with E-state index in [2.05, 4.69) is 27.3 Å². The van der Waals surface area contributed by atoms with Crippen LogP contribution in [0.25, 0.3) is 0 Å². The van der Waals surface area contributed by atoms with Crippen LogP contribution in [-0.2, 0) is 16.4 Å². The minimum atomic E-state index is -5.60. The van der Waals surface area contributed by atoms with Crippen molar-refractivity contribution < 1.29 is 21.6 Å². The summed E-state index contributed by atoms with van der Waals surface area (Å²) in [6.07, 6.45) is 0.694. The minimum absolute atomic E-state index is 0.0214. The fraction of sp³-hybridized carbons (Fsp3) is 0.467. The highest BCUT2D eigenvalue weighted by atomic mass is 32.2. The summed E-state index contributed by atoms with van der Waals surface area (Å²) in [5.74, 6) is 0.332. The molecule has 1 aliphatic heterocycles. The van der Waals surface area contributed by atoms with Gasteiger partial charge in [-0.25, -0.2) is 0 Å². The predicted octanol–water partition coefficient (Wildman–Crippen LogP) is 4.23. The maximum atomic E-state index is 12.9. The Balaban J connectivity index is 2.09. The summed E-state index contributed by atoms with van der Waals surface area (Å²) < 4.78 is 63.5. The van der Waals surface area contributed by atoms with Crippen molar-refractivity contribution >= 4 is 43.6 Å². The number of aromatic nitrogens is 2. The maximum Gasteiger partial charge on any atom is 0.516 e. The fourth-order valence-electron chi connectivity index (χ4n) is 2.97. The van der Waals surface area contributed by atoms with Crippen LogP contribution in [0.2, 0.25) is 0 Å². The lowest BCUT2D eigenvalue weighted by atomic mass is 9.93. The molecular formula is C15H17F3N6O2S2. The van der Waals surface area contributed by atoms with Crippen LogP contribution in [0.4, 0.5) is 35.4 Å². The van der Waals surface area contributed by atoms with Crippen molar-refractivity contribution in [2.75, 3.05) is 22.7 Å². The van der Waals surface area contributed by atoms with Gasteiger partial charge in [-0.3, -0.25) is 4.72 Å². The lowest BCUT2D eigenvalue weighted by molar-refractivity contribution is -0.0429. The first-order valence-electron chi connectivity index (χ1n) is 8.29.